The van der Waals surface area contributed by atoms with Gasteiger partial charge < -0.3 is 0 Å². The first kappa shape index (κ1) is 14.2. The van der Waals surface area contributed by atoms with Crippen molar-refractivity contribution in [2.45, 2.75) is 19.0 Å². The van der Waals surface area contributed by atoms with Crippen molar-refractivity contribution in [3.63, 3.8) is 0 Å². The van der Waals surface area contributed by atoms with Crippen LogP contribution in [0.2, 0.25) is 0 Å². The van der Waals surface area contributed by atoms with Crippen LogP contribution in [0, 0.1) is 0 Å². The van der Waals surface area contributed by atoms with Crippen LogP contribution in [0.25, 0.3) is 0 Å². The number of unbranched alkanes of at least 4 members (excludes halogenated alkanes) is 1. The number of hydrogen-bond donors (Lipinski definition) is 0. The number of benzene rings is 1. The molecule has 1 aromatic carbocycles. The topological polar surface area (TPSA) is 24.7 Å². The molecule has 0 amide bonds. The van der Waals surface area contributed by atoms with Crippen molar-refractivity contribution in [2.75, 3.05) is 6.54 Å². The minimum absolute atomic E-state index is 0.169. The van der Waals surface area contributed by atoms with Gasteiger partial charge in [0.1, 0.15) is 0 Å². The highest BCUT2D eigenvalue weighted by Gasteiger charge is 2.33. The summed E-state index contributed by atoms with van der Waals surface area (Å²) in [5.74, 6) is 0. The lowest BCUT2D eigenvalue weighted by Gasteiger charge is -2.07. The van der Waals surface area contributed by atoms with E-state index in [0.29, 0.717) is 6.54 Å². The molecule has 1 aromatic rings. The summed E-state index contributed by atoms with van der Waals surface area (Å²) in [6, 6.07) is 7.38. The molecule has 0 atom stereocenters. The minimum atomic E-state index is -4.41. The second kappa shape index (κ2) is 6.77. The molecule has 0 aromatic heterocycles. The van der Waals surface area contributed by atoms with Crippen LogP contribution in [0.5, 0.6) is 0 Å². The number of halogens is 3. The van der Waals surface area contributed by atoms with Crippen LogP contribution in [0.4, 0.5) is 18.9 Å². The van der Waals surface area contributed by atoms with E-state index in [-0.39, 0.29) is 5.69 Å². The molecule has 0 bridgehead atoms. The minimum Gasteiger partial charge on any atom is -0.225 e. The Balaban J connectivity index is 2.78. The number of hydrogen-bond acceptors (Lipinski definition) is 2. The third kappa shape index (κ3) is 4.55. The zero-order chi connectivity index (χ0) is 13.4. The molecular formula is C13H13F3N2. The first-order valence-corrected chi connectivity index (χ1v) is 5.45. The number of rotatable bonds is 5. The van der Waals surface area contributed by atoms with Gasteiger partial charge in [-0.3, -0.25) is 0 Å². The predicted molar refractivity (Wildman–Crippen MR) is 65.3 cm³/mol. The van der Waals surface area contributed by atoms with Gasteiger partial charge in [0.05, 0.1) is 23.8 Å². The number of allylic oxidation sites excluding steroid dienone is 1. The fraction of sp³-hybridized carbons (Fsp3) is 0.308. The molecule has 0 fully saturated rings. The Bertz CT molecular complexity index is 458. The Kier molecular flexibility index (Phi) is 5.33. The van der Waals surface area contributed by atoms with Gasteiger partial charge in [0.25, 0.3) is 0 Å². The Labute approximate surface area is 104 Å². The summed E-state index contributed by atoms with van der Waals surface area (Å²) in [6.45, 7) is 4.03. The first-order chi connectivity index (χ1) is 8.55. The highest BCUT2D eigenvalue weighted by molar-refractivity contribution is 5.56. The third-order valence-electron chi connectivity index (χ3n) is 2.13. The van der Waals surface area contributed by atoms with Crippen LogP contribution in [0.1, 0.15) is 18.4 Å². The normalized spacial score (nSPS) is 10.6. The van der Waals surface area contributed by atoms with E-state index >= 15 is 0 Å². The molecule has 0 aliphatic heterocycles. The van der Waals surface area contributed by atoms with Crippen molar-refractivity contribution in [3.05, 3.63) is 42.5 Å². The highest BCUT2D eigenvalue weighted by atomic mass is 19.4. The zero-order valence-electron chi connectivity index (χ0n) is 9.74. The van der Waals surface area contributed by atoms with E-state index in [1.807, 2.05) is 0 Å². The van der Waals surface area contributed by atoms with E-state index < -0.39 is 11.7 Å². The van der Waals surface area contributed by atoms with Gasteiger partial charge in [0.2, 0.25) is 0 Å². The lowest BCUT2D eigenvalue weighted by Crippen LogP contribution is -2.04. The number of aliphatic imine (C=N–C) groups is 2. The molecule has 1 rings (SSSR count). The predicted octanol–water partition coefficient (Wildman–Crippen LogP) is 4.48. The molecule has 0 N–H and O–H groups in total. The Morgan fingerprint density at radius 2 is 2.00 bits per heavy atom. The fourth-order valence-corrected chi connectivity index (χ4v) is 1.26. The van der Waals surface area contributed by atoms with Crippen LogP contribution < -0.4 is 0 Å². The molecule has 0 unspecified atom stereocenters. The molecule has 0 spiro atoms. The van der Waals surface area contributed by atoms with E-state index in [1.165, 1.54) is 18.2 Å². The molecule has 5 heteroatoms. The molecule has 2 nitrogen and oxygen atoms in total. The summed E-state index contributed by atoms with van der Waals surface area (Å²) in [5.41, 5.74) is -0.948. The highest BCUT2D eigenvalue weighted by Crippen LogP contribution is 2.35. The van der Waals surface area contributed by atoms with Gasteiger partial charge in [-0.15, -0.1) is 6.58 Å². The molecule has 0 aliphatic carbocycles. The van der Waals surface area contributed by atoms with Crippen LogP contribution in [0.15, 0.2) is 46.9 Å². The Morgan fingerprint density at radius 1 is 1.28 bits per heavy atom. The maximum atomic E-state index is 12.6. The van der Waals surface area contributed by atoms with E-state index in [0.717, 1.165) is 18.9 Å². The monoisotopic (exact) mass is 254 g/mol. The smallest absolute Gasteiger partial charge is 0.225 e. The van der Waals surface area contributed by atoms with Crippen LogP contribution >= 0.6 is 0 Å². The fourth-order valence-electron chi connectivity index (χ4n) is 1.26. The summed E-state index contributed by atoms with van der Waals surface area (Å²) in [5, 5.41) is 0. The van der Waals surface area contributed by atoms with Crippen molar-refractivity contribution in [2.24, 2.45) is 9.98 Å². The Hall–Kier alpha value is -1.87. The summed E-state index contributed by atoms with van der Waals surface area (Å²) in [7, 11) is 0. The Morgan fingerprint density at radius 3 is 2.67 bits per heavy atom. The van der Waals surface area contributed by atoms with Crippen molar-refractivity contribution in [1.29, 1.82) is 0 Å². The van der Waals surface area contributed by atoms with Gasteiger partial charge in [-0.25, -0.2) is 4.99 Å². The molecular weight excluding hydrogens is 241 g/mol. The molecule has 96 valence electrons. The van der Waals surface area contributed by atoms with E-state index in [1.54, 1.807) is 6.08 Å². The van der Waals surface area contributed by atoms with Crippen LogP contribution in [-0.2, 0) is 6.18 Å². The zero-order valence-corrected chi connectivity index (χ0v) is 9.74. The SMILES string of the molecule is C=CCCCN=C=Nc1ccccc1C(F)(F)F. The lowest BCUT2D eigenvalue weighted by atomic mass is 10.2. The van der Waals surface area contributed by atoms with Crippen LogP contribution in [-0.4, -0.2) is 12.6 Å². The van der Waals surface area contributed by atoms with Crippen LogP contribution in [0.3, 0.4) is 0 Å². The van der Waals surface area contributed by atoms with Gasteiger partial charge >= 0.3 is 6.18 Å². The summed E-state index contributed by atoms with van der Waals surface area (Å²) >= 11 is 0. The molecule has 18 heavy (non-hydrogen) atoms. The van der Waals surface area contributed by atoms with Crippen molar-refractivity contribution >= 4 is 11.7 Å². The quantitative estimate of drug-likeness (QED) is 0.420. The number of alkyl halides is 3. The van der Waals surface area contributed by atoms with Gasteiger partial charge in [-0.1, -0.05) is 18.2 Å². The maximum absolute atomic E-state index is 12.6. The summed E-state index contributed by atoms with van der Waals surface area (Å²) < 4.78 is 37.8. The van der Waals surface area contributed by atoms with Crippen molar-refractivity contribution in [1.82, 2.24) is 0 Å². The molecule has 0 radical (unpaired) electrons. The third-order valence-corrected chi connectivity index (χ3v) is 2.13. The second-order valence-electron chi connectivity index (χ2n) is 3.54. The maximum Gasteiger partial charge on any atom is 0.418 e. The standard InChI is InChI=1S/C13H13F3N2/c1-2-3-6-9-17-10-18-12-8-5-4-7-11(12)13(14,15)16/h2,4-5,7-8H,1,3,6,9H2. The number of para-hydroxylation sites is 1. The number of nitrogens with zero attached hydrogens (tertiary/aromatic N) is 2. The van der Waals surface area contributed by atoms with Crippen molar-refractivity contribution in [3.8, 4) is 0 Å². The molecule has 0 heterocycles. The first-order valence-electron chi connectivity index (χ1n) is 5.45. The average molecular weight is 254 g/mol. The molecule has 0 aliphatic rings. The van der Waals surface area contributed by atoms with Gasteiger partial charge in [-0.2, -0.15) is 18.2 Å². The lowest BCUT2D eigenvalue weighted by molar-refractivity contribution is -0.137. The van der Waals surface area contributed by atoms with Crippen molar-refractivity contribution < 1.29 is 13.2 Å². The van der Waals surface area contributed by atoms with Gasteiger partial charge in [-0.05, 0) is 25.0 Å². The van der Waals surface area contributed by atoms with E-state index in [4.69, 9.17) is 0 Å². The van der Waals surface area contributed by atoms with E-state index in [2.05, 4.69) is 22.6 Å². The second-order valence-corrected chi connectivity index (χ2v) is 3.54. The molecule has 0 saturated heterocycles. The summed E-state index contributed by atoms with van der Waals surface area (Å²) in [6.07, 6.45) is -1.06. The molecule has 0 saturated carbocycles. The van der Waals surface area contributed by atoms with Gasteiger partial charge in [0, 0.05) is 0 Å². The summed E-state index contributed by atoms with van der Waals surface area (Å²) in [4.78, 5) is 7.40. The largest absolute Gasteiger partial charge is 0.418 e. The van der Waals surface area contributed by atoms with Gasteiger partial charge in [0.15, 0.2) is 0 Å². The van der Waals surface area contributed by atoms with E-state index in [9.17, 15) is 13.2 Å². The average Bonchev–Trinajstić information content (AvgIpc) is 2.33.